The number of guanidine groups is 1. The van der Waals surface area contributed by atoms with Crippen molar-refractivity contribution in [3.63, 3.8) is 0 Å². The second-order valence-electron chi connectivity index (χ2n) is 6.47. The summed E-state index contributed by atoms with van der Waals surface area (Å²) in [5.41, 5.74) is 16.3. The average molecular weight is 405 g/mol. The van der Waals surface area contributed by atoms with Crippen molar-refractivity contribution < 1.29 is 19.5 Å². The summed E-state index contributed by atoms with van der Waals surface area (Å²) in [6.45, 7) is 3.75. The smallest absolute Gasteiger partial charge is 0.326 e. The third-order valence-electron chi connectivity index (χ3n) is 3.78. The molecule has 0 aromatic rings. The van der Waals surface area contributed by atoms with Crippen LogP contribution in [0, 0.1) is 5.92 Å². The molecule has 156 valence electrons. The minimum atomic E-state index is -1.12. The van der Waals surface area contributed by atoms with E-state index in [1.807, 2.05) is 6.26 Å². The molecule has 0 radical (unpaired) electrons. The fraction of sp³-hybridized carbons (Fsp3) is 0.750. The van der Waals surface area contributed by atoms with Crippen molar-refractivity contribution in [3.05, 3.63) is 0 Å². The normalized spacial score (nSPS) is 14.1. The first-order chi connectivity index (χ1) is 12.6. The molecule has 0 spiro atoms. The third kappa shape index (κ3) is 10.7. The number of aliphatic imine (C=N–C) groups is 1. The Labute approximate surface area is 164 Å². The number of rotatable bonds is 13. The number of hydrogen-bond acceptors (Lipinski definition) is 6. The number of nitrogens with two attached hydrogens (primary N) is 3. The fourth-order valence-electron chi connectivity index (χ4n) is 2.20. The maximum atomic E-state index is 12.5. The Morgan fingerprint density at radius 3 is 2.22 bits per heavy atom. The molecular formula is C16H32N6O4S. The lowest BCUT2D eigenvalue weighted by Gasteiger charge is -2.24. The molecule has 0 rings (SSSR count). The van der Waals surface area contributed by atoms with Gasteiger partial charge in [-0.25, -0.2) is 4.79 Å². The van der Waals surface area contributed by atoms with E-state index in [1.54, 1.807) is 13.8 Å². The molecule has 10 nitrogen and oxygen atoms in total. The summed E-state index contributed by atoms with van der Waals surface area (Å²) < 4.78 is 0. The Morgan fingerprint density at radius 1 is 1.11 bits per heavy atom. The van der Waals surface area contributed by atoms with Crippen LogP contribution in [0.15, 0.2) is 4.99 Å². The van der Waals surface area contributed by atoms with Crippen LogP contribution in [0.1, 0.15) is 33.1 Å². The first kappa shape index (κ1) is 25.0. The number of carbonyl (C=O) groups excluding carboxylic acids is 2. The Bertz CT molecular complexity index is 525. The fourth-order valence-corrected chi connectivity index (χ4v) is 2.67. The van der Waals surface area contributed by atoms with Crippen molar-refractivity contribution in [3.8, 4) is 0 Å². The van der Waals surface area contributed by atoms with Gasteiger partial charge in [0.1, 0.15) is 12.1 Å². The molecule has 0 bridgehead atoms. The standard InChI is InChI=1S/C16H32N6O4S/c1-9(2)12(15(25)26)22-14(24)11(6-8-27-3)21-13(23)10(17)5-4-7-20-16(18)19/h9-12H,4-8,17H2,1-3H3,(H,21,23)(H,22,24)(H,25,26)(H4,18,19,20)/t10-,11-,12-/m0/s1. The van der Waals surface area contributed by atoms with E-state index in [1.165, 1.54) is 11.8 Å². The molecular weight excluding hydrogens is 372 g/mol. The molecule has 0 aliphatic heterocycles. The number of carbonyl (C=O) groups is 3. The van der Waals surface area contributed by atoms with Gasteiger partial charge in [0.15, 0.2) is 5.96 Å². The molecule has 0 aromatic carbocycles. The van der Waals surface area contributed by atoms with E-state index >= 15 is 0 Å². The summed E-state index contributed by atoms with van der Waals surface area (Å²) in [5, 5.41) is 14.3. The zero-order valence-electron chi connectivity index (χ0n) is 16.1. The van der Waals surface area contributed by atoms with E-state index in [0.29, 0.717) is 31.6 Å². The second kappa shape index (κ2) is 13.2. The number of nitrogens with zero attached hydrogens (tertiary/aromatic N) is 1. The molecule has 0 saturated carbocycles. The van der Waals surface area contributed by atoms with Gasteiger partial charge in [0, 0.05) is 6.54 Å². The van der Waals surface area contributed by atoms with Crippen molar-refractivity contribution in [2.24, 2.45) is 28.1 Å². The van der Waals surface area contributed by atoms with E-state index in [9.17, 15) is 19.5 Å². The average Bonchev–Trinajstić information content (AvgIpc) is 2.58. The molecule has 0 aliphatic carbocycles. The molecule has 3 atom stereocenters. The summed E-state index contributed by atoms with van der Waals surface area (Å²) in [6, 6.07) is -2.70. The molecule has 27 heavy (non-hydrogen) atoms. The van der Waals surface area contributed by atoms with Gasteiger partial charge in [0.25, 0.3) is 0 Å². The topological polar surface area (TPSA) is 186 Å². The number of amides is 2. The highest BCUT2D eigenvalue weighted by Gasteiger charge is 2.29. The Morgan fingerprint density at radius 2 is 1.74 bits per heavy atom. The van der Waals surface area contributed by atoms with Gasteiger partial charge in [-0.3, -0.25) is 14.6 Å². The lowest BCUT2D eigenvalue weighted by Crippen LogP contribution is -2.55. The Kier molecular flexibility index (Phi) is 12.2. The SMILES string of the molecule is CSCC[C@H](NC(=O)[C@@H](N)CCCN=C(N)N)C(=O)N[C@H](C(=O)O)C(C)C. The molecule has 0 heterocycles. The summed E-state index contributed by atoms with van der Waals surface area (Å²) in [6.07, 6.45) is 3.11. The van der Waals surface area contributed by atoms with Crippen molar-refractivity contribution in [1.82, 2.24) is 10.6 Å². The summed E-state index contributed by atoms with van der Waals surface area (Å²) in [7, 11) is 0. The van der Waals surface area contributed by atoms with E-state index < -0.39 is 35.9 Å². The van der Waals surface area contributed by atoms with Crippen LogP contribution in [0.3, 0.4) is 0 Å². The largest absolute Gasteiger partial charge is 0.480 e. The van der Waals surface area contributed by atoms with Crippen molar-refractivity contribution in [1.29, 1.82) is 0 Å². The summed E-state index contributed by atoms with van der Waals surface area (Å²) >= 11 is 1.52. The maximum Gasteiger partial charge on any atom is 0.326 e. The molecule has 0 unspecified atom stereocenters. The number of thioether (sulfide) groups is 1. The van der Waals surface area contributed by atoms with Gasteiger partial charge in [-0.2, -0.15) is 11.8 Å². The van der Waals surface area contributed by atoms with E-state index in [4.69, 9.17) is 17.2 Å². The zero-order chi connectivity index (χ0) is 21.0. The number of carboxylic acids is 1. The lowest BCUT2D eigenvalue weighted by atomic mass is 10.0. The quantitative estimate of drug-likeness (QED) is 0.126. The number of aliphatic carboxylic acids is 1. The molecule has 11 heteroatoms. The first-order valence-corrected chi connectivity index (χ1v) is 10.1. The van der Waals surface area contributed by atoms with E-state index in [2.05, 4.69) is 15.6 Å². The Hall–Kier alpha value is -2.01. The number of nitrogens with one attached hydrogen (secondary N) is 2. The molecule has 0 aromatic heterocycles. The van der Waals surface area contributed by atoms with Gasteiger partial charge in [0.2, 0.25) is 11.8 Å². The molecule has 0 aliphatic rings. The summed E-state index contributed by atoms with van der Waals surface area (Å²) in [4.78, 5) is 39.9. The molecule has 0 saturated heterocycles. The third-order valence-corrected chi connectivity index (χ3v) is 4.42. The van der Waals surface area contributed by atoms with E-state index in [0.717, 1.165) is 0 Å². The second-order valence-corrected chi connectivity index (χ2v) is 7.45. The van der Waals surface area contributed by atoms with Crippen molar-refractivity contribution >= 4 is 35.5 Å². The van der Waals surface area contributed by atoms with Gasteiger partial charge in [-0.1, -0.05) is 13.8 Å². The highest BCUT2D eigenvalue weighted by molar-refractivity contribution is 7.98. The van der Waals surface area contributed by atoms with Crippen LogP contribution in [0.25, 0.3) is 0 Å². The first-order valence-electron chi connectivity index (χ1n) is 8.73. The number of carboxylic acid groups (broad SMARTS) is 1. The maximum absolute atomic E-state index is 12.5. The highest BCUT2D eigenvalue weighted by atomic mass is 32.2. The summed E-state index contributed by atoms with van der Waals surface area (Å²) in [5.74, 6) is -1.83. The van der Waals surface area contributed by atoms with Crippen LogP contribution < -0.4 is 27.8 Å². The van der Waals surface area contributed by atoms with Gasteiger partial charge in [-0.05, 0) is 37.2 Å². The number of hydrogen-bond donors (Lipinski definition) is 6. The lowest BCUT2D eigenvalue weighted by molar-refractivity contribution is -0.143. The van der Waals surface area contributed by atoms with E-state index in [-0.39, 0.29) is 11.9 Å². The predicted molar refractivity (Wildman–Crippen MR) is 107 cm³/mol. The predicted octanol–water partition coefficient (Wildman–Crippen LogP) is -1.17. The van der Waals surface area contributed by atoms with Gasteiger partial charge in [-0.15, -0.1) is 0 Å². The van der Waals surface area contributed by atoms with Crippen LogP contribution in [0.5, 0.6) is 0 Å². The van der Waals surface area contributed by atoms with Crippen molar-refractivity contribution in [2.75, 3.05) is 18.6 Å². The highest BCUT2D eigenvalue weighted by Crippen LogP contribution is 2.06. The minimum Gasteiger partial charge on any atom is -0.480 e. The van der Waals surface area contributed by atoms with Crippen molar-refractivity contribution in [2.45, 2.75) is 51.2 Å². The van der Waals surface area contributed by atoms with Crippen LogP contribution in [0.2, 0.25) is 0 Å². The van der Waals surface area contributed by atoms with Gasteiger partial charge >= 0.3 is 5.97 Å². The zero-order valence-corrected chi connectivity index (χ0v) is 16.9. The van der Waals surface area contributed by atoms with Gasteiger partial charge in [0.05, 0.1) is 6.04 Å². The van der Waals surface area contributed by atoms with Crippen LogP contribution >= 0.6 is 11.8 Å². The van der Waals surface area contributed by atoms with Crippen LogP contribution in [-0.2, 0) is 14.4 Å². The molecule has 2 amide bonds. The molecule has 0 fully saturated rings. The van der Waals surface area contributed by atoms with Crippen LogP contribution in [0.4, 0.5) is 0 Å². The Balaban J connectivity index is 4.82. The molecule has 9 N–H and O–H groups in total. The van der Waals surface area contributed by atoms with Gasteiger partial charge < -0.3 is 32.9 Å². The van der Waals surface area contributed by atoms with Crippen LogP contribution in [-0.4, -0.2) is 65.5 Å². The minimum absolute atomic E-state index is 0.0278. The monoisotopic (exact) mass is 404 g/mol.